The molecule has 6 nitrogen and oxygen atoms in total. The van der Waals surface area contributed by atoms with Gasteiger partial charge in [0.25, 0.3) is 0 Å². The molecule has 1 unspecified atom stereocenters. The van der Waals surface area contributed by atoms with Crippen molar-refractivity contribution in [3.63, 3.8) is 0 Å². The van der Waals surface area contributed by atoms with Crippen molar-refractivity contribution in [2.45, 2.75) is 39.5 Å². The van der Waals surface area contributed by atoms with Crippen molar-refractivity contribution in [2.75, 3.05) is 11.9 Å². The second-order valence-electron chi connectivity index (χ2n) is 5.80. The van der Waals surface area contributed by atoms with Gasteiger partial charge in [-0.2, -0.15) is 5.26 Å². The molecule has 25 heavy (non-hydrogen) atoms. The first-order valence-corrected chi connectivity index (χ1v) is 8.45. The van der Waals surface area contributed by atoms with E-state index in [0.717, 1.165) is 25.7 Å². The lowest BCUT2D eigenvalue weighted by molar-refractivity contribution is -0.139. The summed E-state index contributed by atoms with van der Waals surface area (Å²) in [7, 11) is 0. The molecule has 1 atom stereocenters. The number of primary amides is 1. The van der Waals surface area contributed by atoms with E-state index >= 15 is 0 Å². The van der Waals surface area contributed by atoms with E-state index in [0.29, 0.717) is 23.8 Å². The number of anilines is 1. The molecule has 1 aromatic rings. The number of hydrogen-bond donors (Lipinski definition) is 2. The molecular weight excluding hydrogens is 318 g/mol. The van der Waals surface area contributed by atoms with Crippen LogP contribution in [0.25, 0.3) is 6.08 Å². The highest BCUT2D eigenvalue weighted by Gasteiger charge is 2.14. The maximum Gasteiger partial charge on any atom is 0.348 e. The highest BCUT2D eigenvalue weighted by atomic mass is 16.5. The number of nitrogens with one attached hydrogen (secondary N) is 1. The molecule has 0 aromatic heterocycles. The van der Waals surface area contributed by atoms with E-state index in [1.807, 2.05) is 6.07 Å². The zero-order valence-electron chi connectivity index (χ0n) is 14.7. The van der Waals surface area contributed by atoms with Crippen LogP contribution >= 0.6 is 0 Å². The summed E-state index contributed by atoms with van der Waals surface area (Å²) in [5.74, 6) is -0.292. The van der Waals surface area contributed by atoms with Gasteiger partial charge in [-0.15, -0.1) is 0 Å². The summed E-state index contributed by atoms with van der Waals surface area (Å²) in [5, 5.41) is 11.6. The maximum absolute atomic E-state index is 12.1. The van der Waals surface area contributed by atoms with Crippen LogP contribution in [0, 0.1) is 17.2 Å². The molecule has 3 N–H and O–H groups in total. The minimum Gasteiger partial charge on any atom is -0.461 e. The molecule has 0 aliphatic heterocycles. The summed E-state index contributed by atoms with van der Waals surface area (Å²) in [6.45, 7) is 4.52. The SMILES string of the molecule is CCCCC(CC)COC(=O)/C(C#N)=C/c1ccc(NC(N)=O)cc1. The van der Waals surface area contributed by atoms with Gasteiger partial charge >= 0.3 is 12.0 Å². The smallest absolute Gasteiger partial charge is 0.348 e. The molecule has 0 bridgehead atoms. The average molecular weight is 343 g/mol. The Morgan fingerprint density at radius 2 is 2.00 bits per heavy atom. The zero-order valence-corrected chi connectivity index (χ0v) is 14.7. The summed E-state index contributed by atoms with van der Waals surface area (Å²) >= 11 is 0. The fourth-order valence-corrected chi connectivity index (χ4v) is 2.28. The summed E-state index contributed by atoms with van der Waals surface area (Å²) < 4.78 is 5.29. The van der Waals surface area contributed by atoms with Crippen LogP contribution in [0.1, 0.15) is 45.1 Å². The Hall–Kier alpha value is -2.81. The van der Waals surface area contributed by atoms with E-state index in [2.05, 4.69) is 19.2 Å². The largest absolute Gasteiger partial charge is 0.461 e. The number of nitriles is 1. The van der Waals surface area contributed by atoms with Crippen molar-refractivity contribution < 1.29 is 14.3 Å². The predicted octanol–water partition coefficient (Wildman–Crippen LogP) is 3.84. The minimum absolute atomic E-state index is 0.0547. The Morgan fingerprint density at radius 1 is 1.32 bits per heavy atom. The zero-order chi connectivity index (χ0) is 18.7. The van der Waals surface area contributed by atoms with E-state index in [1.165, 1.54) is 6.08 Å². The lowest BCUT2D eigenvalue weighted by atomic mass is 10.0. The molecule has 0 heterocycles. The molecule has 0 radical (unpaired) electrons. The number of unbranched alkanes of at least 4 members (excludes halogenated alkanes) is 1. The van der Waals surface area contributed by atoms with E-state index in [-0.39, 0.29) is 5.57 Å². The number of carbonyl (C=O) groups is 2. The van der Waals surface area contributed by atoms with E-state index in [9.17, 15) is 14.9 Å². The van der Waals surface area contributed by atoms with Gasteiger partial charge in [0.1, 0.15) is 11.6 Å². The number of nitrogens with two attached hydrogens (primary N) is 1. The molecular formula is C19H25N3O3. The lowest BCUT2D eigenvalue weighted by Crippen LogP contribution is -2.19. The van der Waals surface area contributed by atoms with Crippen molar-refractivity contribution in [2.24, 2.45) is 11.7 Å². The Bertz CT molecular complexity index is 645. The van der Waals surface area contributed by atoms with Crippen molar-refractivity contribution >= 4 is 23.8 Å². The van der Waals surface area contributed by atoms with Gasteiger partial charge in [-0.3, -0.25) is 0 Å². The molecule has 0 aliphatic carbocycles. The number of nitrogens with zero attached hydrogens (tertiary/aromatic N) is 1. The average Bonchev–Trinajstić information content (AvgIpc) is 2.60. The molecule has 6 heteroatoms. The van der Waals surface area contributed by atoms with Gasteiger partial charge in [0.15, 0.2) is 0 Å². The van der Waals surface area contributed by atoms with Crippen molar-refractivity contribution in [1.29, 1.82) is 5.26 Å². The topological polar surface area (TPSA) is 105 Å². The van der Waals surface area contributed by atoms with Gasteiger partial charge < -0.3 is 15.8 Å². The van der Waals surface area contributed by atoms with Crippen molar-refractivity contribution in [3.8, 4) is 6.07 Å². The van der Waals surface area contributed by atoms with Crippen LogP contribution < -0.4 is 11.1 Å². The first-order chi connectivity index (χ1) is 12.0. The standard InChI is InChI=1S/C19H25N3O3/c1-3-5-6-14(4-2)13-25-18(23)16(12-20)11-15-7-9-17(10-8-15)22-19(21)24/h7-11,14H,3-6,13H2,1-2H3,(H3,21,22,24)/b16-11+. The third kappa shape index (κ3) is 7.53. The molecule has 0 fully saturated rings. The minimum atomic E-state index is -0.655. The fraction of sp³-hybridized carbons (Fsp3) is 0.421. The molecule has 2 amide bonds. The molecule has 0 saturated heterocycles. The normalized spacial score (nSPS) is 12.1. The first kappa shape index (κ1) is 20.2. The fourth-order valence-electron chi connectivity index (χ4n) is 2.28. The molecule has 0 spiro atoms. The van der Waals surface area contributed by atoms with Crippen LogP contribution in [-0.4, -0.2) is 18.6 Å². The van der Waals surface area contributed by atoms with Crippen LogP contribution in [-0.2, 0) is 9.53 Å². The quantitative estimate of drug-likeness (QED) is 0.403. The van der Waals surface area contributed by atoms with Gasteiger partial charge in [-0.25, -0.2) is 9.59 Å². The maximum atomic E-state index is 12.1. The van der Waals surface area contributed by atoms with Crippen molar-refractivity contribution in [3.05, 3.63) is 35.4 Å². The molecule has 0 saturated carbocycles. The molecule has 0 aliphatic rings. The second-order valence-corrected chi connectivity index (χ2v) is 5.80. The number of benzene rings is 1. The number of urea groups is 1. The summed E-state index contributed by atoms with van der Waals surface area (Å²) in [6.07, 6.45) is 5.62. The Balaban J connectivity index is 2.70. The summed E-state index contributed by atoms with van der Waals surface area (Å²) in [6, 6.07) is 7.84. The number of carbonyl (C=O) groups excluding carboxylic acids is 2. The van der Waals surface area contributed by atoms with Crippen LogP contribution in [0.4, 0.5) is 10.5 Å². The van der Waals surface area contributed by atoms with Crippen molar-refractivity contribution in [1.82, 2.24) is 0 Å². The third-order valence-electron chi connectivity index (χ3n) is 3.82. The predicted molar refractivity (Wildman–Crippen MR) is 97.5 cm³/mol. The highest BCUT2D eigenvalue weighted by molar-refractivity contribution is 5.98. The number of hydrogen-bond acceptors (Lipinski definition) is 4. The highest BCUT2D eigenvalue weighted by Crippen LogP contribution is 2.16. The van der Waals surface area contributed by atoms with Gasteiger partial charge in [-0.1, -0.05) is 45.2 Å². The monoisotopic (exact) mass is 343 g/mol. The number of esters is 1. The van der Waals surface area contributed by atoms with E-state index in [4.69, 9.17) is 10.5 Å². The molecule has 134 valence electrons. The Morgan fingerprint density at radius 3 is 2.52 bits per heavy atom. The summed E-state index contributed by atoms with van der Waals surface area (Å²) in [5.41, 5.74) is 6.17. The van der Waals surface area contributed by atoms with E-state index < -0.39 is 12.0 Å². The lowest BCUT2D eigenvalue weighted by Gasteiger charge is -2.14. The van der Waals surface area contributed by atoms with Crippen LogP contribution in [0.5, 0.6) is 0 Å². The second kappa shape index (κ2) is 10.9. The Kier molecular flexibility index (Phi) is 8.80. The third-order valence-corrected chi connectivity index (χ3v) is 3.82. The van der Waals surface area contributed by atoms with Crippen LogP contribution in [0.2, 0.25) is 0 Å². The first-order valence-electron chi connectivity index (χ1n) is 8.45. The van der Waals surface area contributed by atoms with Gasteiger partial charge in [-0.05, 0) is 36.1 Å². The molecule has 1 rings (SSSR count). The van der Waals surface area contributed by atoms with Gasteiger partial charge in [0, 0.05) is 5.69 Å². The number of amides is 2. The van der Waals surface area contributed by atoms with Gasteiger partial charge in [0.2, 0.25) is 0 Å². The number of rotatable bonds is 9. The molecule has 1 aromatic carbocycles. The number of ether oxygens (including phenoxy) is 1. The van der Waals surface area contributed by atoms with Crippen LogP contribution in [0.3, 0.4) is 0 Å². The summed E-state index contributed by atoms with van der Waals surface area (Å²) in [4.78, 5) is 22.9. The van der Waals surface area contributed by atoms with E-state index in [1.54, 1.807) is 24.3 Å². The Labute approximate surface area is 148 Å². The van der Waals surface area contributed by atoms with Crippen LogP contribution in [0.15, 0.2) is 29.8 Å². The van der Waals surface area contributed by atoms with Gasteiger partial charge in [0.05, 0.1) is 6.61 Å².